The van der Waals surface area contributed by atoms with Gasteiger partial charge in [0.1, 0.15) is 5.78 Å². The van der Waals surface area contributed by atoms with Gasteiger partial charge in [0.2, 0.25) is 5.91 Å². The highest BCUT2D eigenvalue weighted by Crippen LogP contribution is 2.02. The molecule has 0 spiro atoms. The number of carbonyl (C=O) groups excluding carboxylic acids is 2. The molecular weight excluding hydrogens is 154 g/mol. The zero-order valence-corrected chi connectivity index (χ0v) is 8.26. The Morgan fingerprint density at radius 3 is 2.17 bits per heavy atom. The average Bonchev–Trinajstić information content (AvgIpc) is 1.84. The first-order valence-electron chi connectivity index (χ1n) is 4.17. The Balaban J connectivity index is 3.85. The van der Waals surface area contributed by atoms with E-state index in [1.165, 1.54) is 11.8 Å². The molecule has 0 aromatic heterocycles. The first kappa shape index (κ1) is 11.1. The van der Waals surface area contributed by atoms with E-state index in [1.807, 2.05) is 13.8 Å². The quantitative estimate of drug-likeness (QED) is 0.634. The summed E-state index contributed by atoms with van der Waals surface area (Å²) in [7, 11) is 1.66. The van der Waals surface area contributed by atoms with Gasteiger partial charge in [0.25, 0.3) is 0 Å². The molecule has 3 heteroatoms. The fourth-order valence-corrected chi connectivity index (χ4v) is 0.927. The molecule has 0 heterocycles. The summed E-state index contributed by atoms with van der Waals surface area (Å²) in [5.74, 6) is 0.418. The molecule has 0 saturated heterocycles. The van der Waals surface area contributed by atoms with Gasteiger partial charge in [-0.05, 0) is 12.8 Å². The Kier molecular flexibility index (Phi) is 4.55. The van der Waals surface area contributed by atoms with Crippen LogP contribution >= 0.6 is 0 Å². The maximum atomic E-state index is 11.3. The molecule has 0 rings (SSSR count). The normalized spacial score (nSPS) is 10.1. The van der Waals surface area contributed by atoms with Crippen LogP contribution in [0.15, 0.2) is 0 Å². The molecule has 0 atom stereocenters. The third-order valence-corrected chi connectivity index (χ3v) is 1.47. The van der Waals surface area contributed by atoms with Crippen LogP contribution in [0.25, 0.3) is 0 Å². The van der Waals surface area contributed by atoms with Crippen molar-refractivity contribution in [2.45, 2.75) is 27.2 Å². The Labute approximate surface area is 73.7 Å². The zero-order valence-electron chi connectivity index (χ0n) is 8.26. The fraction of sp³-hybridized carbons (Fsp3) is 0.778. The van der Waals surface area contributed by atoms with Crippen molar-refractivity contribution in [3.63, 3.8) is 0 Å². The second-order valence-electron chi connectivity index (χ2n) is 3.55. The molecule has 12 heavy (non-hydrogen) atoms. The van der Waals surface area contributed by atoms with Gasteiger partial charge in [-0.1, -0.05) is 13.8 Å². The van der Waals surface area contributed by atoms with Gasteiger partial charge in [-0.3, -0.25) is 9.59 Å². The van der Waals surface area contributed by atoms with Crippen LogP contribution < -0.4 is 0 Å². The van der Waals surface area contributed by atoms with Crippen LogP contribution in [0.2, 0.25) is 0 Å². The average molecular weight is 171 g/mol. The number of nitrogens with zero attached hydrogens (tertiary/aromatic N) is 1. The first-order valence-corrected chi connectivity index (χ1v) is 4.17. The monoisotopic (exact) mass is 171 g/mol. The minimum Gasteiger partial charge on any atom is -0.338 e. The molecule has 0 aliphatic heterocycles. The fourth-order valence-electron chi connectivity index (χ4n) is 0.927. The second-order valence-corrected chi connectivity index (χ2v) is 3.55. The molecule has 70 valence electrons. The van der Waals surface area contributed by atoms with Gasteiger partial charge in [-0.15, -0.1) is 0 Å². The maximum Gasteiger partial charge on any atom is 0.222 e. The van der Waals surface area contributed by atoms with Crippen molar-refractivity contribution < 1.29 is 9.59 Å². The molecule has 0 N–H and O–H groups in total. The zero-order chi connectivity index (χ0) is 9.72. The molecular formula is C9H17NO2. The Morgan fingerprint density at radius 2 is 1.83 bits per heavy atom. The van der Waals surface area contributed by atoms with E-state index in [0.717, 1.165) is 0 Å². The van der Waals surface area contributed by atoms with Crippen LogP contribution in [0, 0.1) is 5.92 Å². The van der Waals surface area contributed by atoms with E-state index in [9.17, 15) is 9.59 Å². The summed E-state index contributed by atoms with van der Waals surface area (Å²) in [5, 5.41) is 0. The predicted octanol–water partition coefficient (Wildman–Crippen LogP) is 1.08. The van der Waals surface area contributed by atoms with Crippen molar-refractivity contribution in [3.8, 4) is 0 Å². The van der Waals surface area contributed by atoms with Crippen LogP contribution in [0.3, 0.4) is 0 Å². The summed E-state index contributed by atoms with van der Waals surface area (Å²) < 4.78 is 0. The topological polar surface area (TPSA) is 37.4 Å². The third kappa shape index (κ3) is 4.88. The molecule has 0 aromatic rings. The third-order valence-electron chi connectivity index (χ3n) is 1.47. The number of rotatable bonds is 4. The number of Topliss-reactive ketones (excluding diaryl/α,β-unsaturated/α-hetero) is 1. The summed E-state index contributed by atoms with van der Waals surface area (Å²) in [6.45, 7) is 5.68. The van der Waals surface area contributed by atoms with Gasteiger partial charge in [0.05, 0.1) is 6.54 Å². The number of hydrogen-bond acceptors (Lipinski definition) is 2. The maximum absolute atomic E-state index is 11.3. The van der Waals surface area contributed by atoms with Crippen molar-refractivity contribution in [2.24, 2.45) is 5.92 Å². The van der Waals surface area contributed by atoms with Crippen molar-refractivity contribution in [3.05, 3.63) is 0 Å². The number of likely N-dealkylation sites (N-methyl/N-ethyl adjacent to an activating group) is 1. The first-order chi connectivity index (χ1) is 5.43. The standard InChI is InChI=1S/C9H17NO2/c1-7(2)5-9(12)10(4)6-8(3)11/h7H,5-6H2,1-4H3. The highest BCUT2D eigenvalue weighted by Gasteiger charge is 2.11. The molecule has 0 bridgehead atoms. The summed E-state index contributed by atoms with van der Waals surface area (Å²) >= 11 is 0. The van der Waals surface area contributed by atoms with Gasteiger partial charge >= 0.3 is 0 Å². The number of amides is 1. The predicted molar refractivity (Wildman–Crippen MR) is 47.8 cm³/mol. The van der Waals surface area contributed by atoms with Crippen molar-refractivity contribution in [1.29, 1.82) is 0 Å². The van der Waals surface area contributed by atoms with E-state index in [2.05, 4.69) is 0 Å². The van der Waals surface area contributed by atoms with Crippen LogP contribution in [0.4, 0.5) is 0 Å². The lowest BCUT2D eigenvalue weighted by Gasteiger charge is -2.16. The number of ketones is 1. The van der Waals surface area contributed by atoms with Crippen LogP contribution in [-0.2, 0) is 9.59 Å². The molecule has 3 nitrogen and oxygen atoms in total. The van der Waals surface area contributed by atoms with Crippen molar-refractivity contribution in [1.82, 2.24) is 4.90 Å². The van der Waals surface area contributed by atoms with E-state index in [-0.39, 0.29) is 18.2 Å². The van der Waals surface area contributed by atoms with E-state index < -0.39 is 0 Å². The van der Waals surface area contributed by atoms with E-state index in [1.54, 1.807) is 7.05 Å². The summed E-state index contributed by atoms with van der Waals surface area (Å²) in [5.41, 5.74) is 0. The SMILES string of the molecule is CC(=O)CN(C)C(=O)CC(C)C. The summed E-state index contributed by atoms with van der Waals surface area (Å²) in [4.78, 5) is 23.4. The molecule has 0 aromatic carbocycles. The lowest BCUT2D eigenvalue weighted by Crippen LogP contribution is -2.31. The molecule has 1 amide bonds. The molecule has 0 saturated carbocycles. The largest absolute Gasteiger partial charge is 0.338 e. The van der Waals surface area contributed by atoms with Crippen molar-refractivity contribution >= 4 is 11.7 Å². The van der Waals surface area contributed by atoms with Crippen molar-refractivity contribution in [2.75, 3.05) is 13.6 Å². The number of hydrogen-bond donors (Lipinski definition) is 0. The molecule has 0 aliphatic rings. The van der Waals surface area contributed by atoms with Gasteiger partial charge in [0, 0.05) is 13.5 Å². The van der Waals surface area contributed by atoms with Gasteiger partial charge in [-0.2, -0.15) is 0 Å². The van der Waals surface area contributed by atoms with E-state index in [0.29, 0.717) is 12.3 Å². The minimum atomic E-state index is 0.0228. The molecule has 0 fully saturated rings. The summed E-state index contributed by atoms with van der Waals surface area (Å²) in [6, 6.07) is 0. The van der Waals surface area contributed by atoms with E-state index in [4.69, 9.17) is 0 Å². The highest BCUT2D eigenvalue weighted by atomic mass is 16.2. The van der Waals surface area contributed by atoms with Gasteiger partial charge in [0.15, 0.2) is 0 Å². The molecule has 0 aliphatic carbocycles. The second kappa shape index (κ2) is 4.91. The smallest absolute Gasteiger partial charge is 0.222 e. The lowest BCUT2D eigenvalue weighted by atomic mass is 10.1. The molecule has 0 unspecified atom stereocenters. The Hall–Kier alpha value is -0.860. The lowest BCUT2D eigenvalue weighted by molar-refractivity contribution is -0.134. The Morgan fingerprint density at radius 1 is 1.33 bits per heavy atom. The summed E-state index contributed by atoms with van der Waals surface area (Å²) in [6.07, 6.45) is 0.518. The van der Waals surface area contributed by atoms with Gasteiger partial charge in [-0.25, -0.2) is 0 Å². The Bertz CT molecular complexity index is 175. The minimum absolute atomic E-state index is 0.0228. The number of carbonyl (C=O) groups is 2. The van der Waals surface area contributed by atoms with Crippen LogP contribution in [0.1, 0.15) is 27.2 Å². The van der Waals surface area contributed by atoms with Crippen LogP contribution in [0.5, 0.6) is 0 Å². The van der Waals surface area contributed by atoms with Crippen LogP contribution in [-0.4, -0.2) is 30.2 Å². The molecule has 0 radical (unpaired) electrons. The van der Waals surface area contributed by atoms with Gasteiger partial charge < -0.3 is 4.90 Å². The van der Waals surface area contributed by atoms with E-state index >= 15 is 0 Å². The highest BCUT2D eigenvalue weighted by molar-refractivity contribution is 5.84.